The van der Waals surface area contributed by atoms with Crippen molar-refractivity contribution in [3.05, 3.63) is 100 Å². The molecule has 40 heavy (non-hydrogen) atoms. The molecule has 0 radical (unpaired) electrons. The largest absolute Gasteiger partial charge is 0.475 e. The van der Waals surface area contributed by atoms with Gasteiger partial charge in [0.25, 0.3) is 17.6 Å². The predicted octanol–water partition coefficient (Wildman–Crippen LogP) is 3.44. The highest BCUT2D eigenvalue weighted by Gasteiger charge is 2.41. The van der Waals surface area contributed by atoms with E-state index < -0.39 is 42.2 Å². The van der Waals surface area contributed by atoms with E-state index in [1.807, 2.05) is 19.9 Å². The summed E-state index contributed by atoms with van der Waals surface area (Å²) >= 11 is 1.27. The van der Waals surface area contributed by atoms with Crippen LogP contribution in [0.5, 0.6) is 0 Å². The lowest BCUT2D eigenvalue weighted by atomic mass is 9.96. The lowest BCUT2D eigenvalue weighted by Crippen LogP contribution is -2.57. The van der Waals surface area contributed by atoms with Crippen molar-refractivity contribution < 1.29 is 29.1 Å². The summed E-state index contributed by atoms with van der Waals surface area (Å²) in [6.07, 6.45) is 1.56. The molecule has 0 aliphatic carbocycles. The van der Waals surface area contributed by atoms with Gasteiger partial charge in [-0.1, -0.05) is 80.6 Å². The van der Waals surface area contributed by atoms with Crippen molar-refractivity contribution >= 4 is 46.5 Å². The maximum Gasteiger partial charge on any atom is 0.374 e. The molecule has 2 aromatic carbocycles. The molecular formula is C30H29N3O6S. The highest BCUT2D eigenvalue weighted by atomic mass is 32.1. The first kappa shape index (κ1) is 28.4. The van der Waals surface area contributed by atoms with E-state index in [1.54, 1.807) is 78.3 Å². The van der Waals surface area contributed by atoms with Crippen LogP contribution in [0.2, 0.25) is 0 Å². The van der Waals surface area contributed by atoms with E-state index in [1.165, 1.54) is 21.1 Å². The summed E-state index contributed by atoms with van der Waals surface area (Å²) < 4.78 is 0. The molecule has 0 saturated heterocycles. The molecule has 0 saturated carbocycles. The number of carbonyl (C=O) groups excluding carboxylic acids is 4. The Morgan fingerprint density at radius 2 is 1.60 bits per heavy atom. The van der Waals surface area contributed by atoms with Crippen molar-refractivity contribution in [1.82, 2.24) is 15.1 Å². The zero-order chi connectivity index (χ0) is 28.8. The summed E-state index contributed by atoms with van der Waals surface area (Å²) in [5, 5.41) is 13.6. The third kappa shape index (κ3) is 6.35. The Kier molecular flexibility index (Phi) is 8.90. The van der Waals surface area contributed by atoms with E-state index in [0.717, 1.165) is 0 Å². The number of aliphatic carboxylic acids is 1. The van der Waals surface area contributed by atoms with Crippen molar-refractivity contribution in [1.29, 1.82) is 0 Å². The standard InChI is InChI=1S/C30H29N3O6S/c1-19(2)26-29(37)32(18-25(34)31-22(27(35)30(38)39)16-20-10-5-3-6-11-20)23(21-12-7-4-8-13-21)17-33(26)28(36)24-14-9-15-40-24/h3-15,17,19,22,26H,16,18H2,1-2H3,(H,31,34)(H,38,39)/t22-,26?/m0/s1. The maximum atomic E-state index is 13.9. The SMILES string of the molecule is CC(C)C1C(=O)N(CC(=O)N[C@@H](Cc2ccccc2)C(=O)C(=O)O)C(c2ccccc2)=CN1C(=O)c1cccs1. The molecule has 3 amide bonds. The fourth-order valence-corrected chi connectivity index (χ4v) is 5.26. The van der Waals surface area contributed by atoms with Gasteiger partial charge < -0.3 is 10.4 Å². The second-order valence-corrected chi connectivity index (χ2v) is 10.6. The molecule has 206 valence electrons. The van der Waals surface area contributed by atoms with Crippen LogP contribution < -0.4 is 5.32 Å². The van der Waals surface area contributed by atoms with Gasteiger partial charge in [-0.15, -0.1) is 11.3 Å². The molecule has 0 spiro atoms. The maximum absolute atomic E-state index is 13.9. The second kappa shape index (κ2) is 12.5. The summed E-state index contributed by atoms with van der Waals surface area (Å²) in [5.74, 6) is -4.59. The fraction of sp³-hybridized carbons (Fsp3) is 0.233. The summed E-state index contributed by atoms with van der Waals surface area (Å²) in [4.78, 5) is 67.8. The van der Waals surface area contributed by atoms with E-state index in [-0.39, 0.29) is 18.2 Å². The van der Waals surface area contributed by atoms with Gasteiger partial charge in [0, 0.05) is 12.6 Å². The zero-order valence-electron chi connectivity index (χ0n) is 22.0. The molecule has 1 aliphatic rings. The van der Waals surface area contributed by atoms with Gasteiger partial charge in [-0.05, 0) is 28.5 Å². The number of benzene rings is 2. The van der Waals surface area contributed by atoms with Crippen LogP contribution in [0.3, 0.4) is 0 Å². The number of hydrogen-bond donors (Lipinski definition) is 2. The summed E-state index contributed by atoms with van der Waals surface area (Å²) in [7, 11) is 0. The van der Waals surface area contributed by atoms with E-state index in [4.69, 9.17) is 0 Å². The van der Waals surface area contributed by atoms with Gasteiger partial charge in [-0.2, -0.15) is 0 Å². The molecule has 2 N–H and O–H groups in total. The molecule has 3 aromatic rings. The Bertz CT molecular complexity index is 1420. The summed E-state index contributed by atoms with van der Waals surface area (Å²) in [6.45, 7) is 3.17. The molecule has 0 fully saturated rings. The molecule has 2 heterocycles. The number of carboxylic acid groups (broad SMARTS) is 1. The van der Waals surface area contributed by atoms with Gasteiger partial charge in [-0.3, -0.25) is 29.0 Å². The Morgan fingerprint density at radius 3 is 2.17 bits per heavy atom. The lowest BCUT2D eigenvalue weighted by Gasteiger charge is -2.41. The van der Waals surface area contributed by atoms with Crippen molar-refractivity contribution in [3.63, 3.8) is 0 Å². The topological polar surface area (TPSA) is 124 Å². The monoisotopic (exact) mass is 559 g/mol. The Labute approximate surface area is 235 Å². The minimum absolute atomic E-state index is 0.0231. The number of nitrogens with zero attached hydrogens (tertiary/aromatic N) is 2. The number of Topliss-reactive ketones (excluding diaryl/α,β-unsaturated/α-hetero) is 1. The quantitative estimate of drug-likeness (QED) is 0.367. The molecule has 1 unspecified atom stereocenters. The Hall–Kier alpha value is -4.57. The smallest absolute Gasteiger partial charge is 0.374 e. The highest BCUT2D eigenvalue weighted by molar-refractivity contribution is 7.12. The number of rotatable bonds is 10. The van der Waals surface area contributed by atoms with E-state index in [0.29, 0.717) is 21.7 Å². The summed E-state index contributed by atoms with van der Waals surface area (Å²) in [5.41, 5.74) is 1.62. The van der Waals surface area contributed by atoms with Crippen molar-refractivity contribution in [2.45, 2.75) is 32.4 Å². The molecule has 9 nitrogen and oxygen atoms in total. The number of carbonyl (C=O) groups is 5. The third-order valence-corrected chi connectivity index (χ3v) is 7.34. The van der Waals surface area contributed by atoms with Crippen LogP contribution in [-0.2, 0) is 25.6 Å². The molecule has 1 aliphatic heterocycles. The number of nitrogens with one attached hydrogen (secondary N) is 1. The molecule has 0 bridgehead atoms. The first-order valence-electron chi connectivity index (χ1n) is 12.7. The van der Waals surface area contributed by atoms with Crippen LogP contribution in [0.25, 0.3) is 5.70 Å². The van der Waals surface area contributed by atoms with Crippen LogP contribution in [0.4, 0.5) is 0 Å². The van der Waals surface area contributed by atoms with Crippen molar-refractivity contribution in [3.8, 4) is 0 Å². The fourth-order valence-electron chi connectivity index (χ4n) is 4.59. The van der Waals surface area contributed by atoms with Gasteiger partial charge in [0.2, 0.25) is 5.91 Å². The average Bonchev–Trinajstić information content (AvgIpc) is 3.48. The molecular weight excluding hydrogens is 530 g/mol. The highest BCUT2D eigenvalue weighted by Crippen LogP contribution is 2.31. The number of thiophene rings is 1. The zero-order valence-corrected chi connectivity index (χ0v) is 22.8. The van der Waals surface area contributed by atoms with Crippen LogP contribution in [0.1, 0.15) is 34.6 Å². The summed E-state index contributed by atoms with van der Waals surface area (Å²) in [6, 6.07) is 18.9. The normalized spacial score (nSPS) is 15.9. The van der Waals surface area contributed by atoms with Crippen molar-refractivity contribution in [2.24, 2.45) is 5.92 Å². The number of amides is 3. The van der Waals surface area contributed by atoms with Gasteiger partial charge in [-0.25, -0.2) is 4.79 Å². The first-order valence-corrected chi connectivity index (χ1v) is 13.6. The van der Waals surface area contributed by atoms with Gasteiger partial charge >= 0.3 is 5.97 Å². The minimum atomic E-state index is -1.66. The van der Waals surface area contributed by atoms with E-state index in [2.05, 4.69) is 5.32 Å². The van der Waals surface area contributed by atoms with Crippen molar-refractivity contribution in [2.75, 3.05) is 6.54 Å². The Balaban J connectivity index is 1.67. The van der Waals surface area contributed by atoms with Crippen LogP contribution in [0.15, 0.2) is 84.4 Å². The van der Waals surface area contributed by atoms with Crippen LogP contribution >= 0.6 is 11.3 Å². The molecule has 2 atom stereocenters. The molecule has 4 rings (SSSR count). The minimum Gasteiger partial charge on any atom is -0.475 e. The third-order valence-electron chi connectivity index (χ3n) is 6.49. The first-order chi connectivity index (χ1) is 19.2. The molecule has 10 heteroatoms. The van der Waals surface area contributed by atoms with Crippen LogP contribution in [-0.4, -0.2) is 63.0 Å². The second-order valence-electron chi connectivity index (χ2n) is 9.66. The van der Waals surface area contributed by atoms with E-state index >= 15 is 0 Å². The average molecular weight is 560 g/mol. The number of hydrogen-bond acceptors (Lipinski definition) is 6. The predicted molar refractivity (Wildman–Crippen MR) is 150 cm³/mol. The van der Waals surface area contributed by atoms with Gasteiger partial charge in [0.1, 0.15) is 18.6 Å². The van der Waals surface area contributed by atoms with Gasteiger partial charge in [0.15, 0.2) is 0 Å². The lowest BCUT2D eigenvalue weighted by molar-refractivity contribution is -0.150. The number of ketones is 1. The van der Waals surface area contributed by atoms with Crippen LogP contribution in [0, 0.1) is 5.92 Å². The van der Waals surface area contributed by atoms with Gasteiger partial charge in [0.05, 0.1) is 10.6 Å². The molecule has 1 aromatic heterocycles. The Morgan fingerprint density at radius 1 is 0.950 bits per heavy atom. The number of carboxylic acids is 1. The van der Waals surface area contributed by atoms with E-state index in [9.17, 15) is 29.1 Å².